The summed E-state index contributed by atoms with van der Waals surface area (Å²) in [5.41, 5.74) is 8.46. The molecule has 4 nitrogen and oxygen atoms in total. The number of benzene rings is 4. The van der Waals surface area contributed by atoms with Crippen LogP contribution in [0.2, 0.25) is 0 Å². The van der Waals surface area contributed by atoms with Crippen LogP contribution in [0.1, 0.15) is 51.1 Å². The second kappa shape index (κ2) is 10.9. The van der Waals surface area contributed by atoms with Crippen LogP contribution in [0.5, 0.6) is 5.75 Å². The number of amides is 1. The number of aryl methyl sites for hydroxylation is 2. The van der Waals surface area contributed by atoms with E-state index >= 15 is 0 Å². The van der Waals surface area contributed by atoms with Gasteiger partial charge in [-0.05, 0) is 80.3 Å². The largest absolute Gasteiger partial charge is 0.489 e. The predicted octanol–water partition coefficient (Wildman–Crippen LogP) is 7.90. The molecule has 4 heteroatoms. The van der Waals surface area contributed by atoms with E-state index in [4.69, 9.17) is 9.72 Å². The number of ether oxygens (including phenoxy) is 1. The maximum absolute atomic E-state index is 13.8. The van der Waals surface area contributed by atoms with Crippen LogP contribution in [0.25, 0.3) is 22.2 Å². The van der Waals surface area contributed by atoms with Crippen LogP contribution in [0.4, 0.5) is 0 Å². The van der Waals surface area contributed by atoms with E-state index in [-0.39, 0.29) is 11.9 Å². The standard InChI is InChI=1S/C34H32N2O2/c1-22-19-23(2)32-30(20-22)31(34(37)35-25(4)27-13-9-6-10-14-27)24(3)33(36-32)28-15-17-29(18-16-28)38-21-26-11-7-5-8-12-26/h5-20,25H,21H2,1-4H3,(H,35,37). The van der Waals surface area contributed by atoms with Crippen molar-refractivity contribution in [2.45, 2.75) is 40.3 Å². The third-order valence-corrected chi connectivity index (χ3v) is 6.92. The Hall–Kier alpha value is -4.44. The SMILES string of the molecule is Cc1cc(C)c2nc(-c3ccc(OCc4ccccc4)cc3)c(C)c(C(=O)NC(C)c3ccccc3)c2c1. The molecule has 0 aliphatic heterocycles. The molecular weight excluding hydrogens is 468 g/mol. The number of hydrogen-bond acceptors (Lipinski definition) is 3. The molecule has 0 aliphatic carbocycles. The molecule has 5 rings (SSSR count). The lowest BCUT2D eigenvalue weighted by Gasteiger charge is -2.19. The Morgan fingerprint density at radius 3 is 2.21 bits per heavy atom. The summed E-state index contributed by atoms with van der Waals surface area (Å²) in [4.78, 5) is 18.9. The average molecular weight is 501 g/mol. The summed E-state index contributed by atoms with van der Waals surface area (Å²) in [7, 11) is 0. The molecule has 1 atom stereocenters. The minimum Gasteiger partial charge on any atom is -0.489 e. The Morgan fingerprint density at radius 2 is 1.53 bits per heavy atom. The van der Waals surface area contributed by atoms with Gasteiger partial charge in [-0.2, -0.15) is 0 Å². The Morgan fingerprint density at radius 1 is 0.868 bits per heavy atom. The first-order valence-corrected chi connectivity index (χ1v) is 12.9. The van der Waals surface area contributed by atoms with Crippen LogP contribution in [-0.4, -0.2) is 10.9 Å². The predicted molar refractivity (Wildman–Crippen MR) is 154 cm³/mol. The second-order valence-electron chi connectivity index (χ2n) is 9.84. The molecule has 0 bridgehead atoms. The Kier molecular flexibility index (Phi) is 7.23. The number of fused-ring (bicyclic) bond motifs is 1. The zero-order chi connectivity index (χ0) is 26.6. The van der Waals surface area contributed by atoms with E-state index in [1.165, 1.54) is 0 Å². The average Bonchev–Trinajstić information content (AvgIpc) is 2.93. The number of hydrogen-bond donors (Lipinski definition) is 1. The van der Waals surface area contributed by atoms with Crippen molar-refractivity contribution in [3.8, 4) is 17.0 Å². The molecular formula is C34H32N2O2. The van der Waals surface area contributed by atoms with Gasteiger partial charge < -0.3 is 10.1 Å². The first-order valence-electron chi connectivity index (χ1n) is 12.9. The molecule has 5 aromatic rings. The van der Waals surface area contributed by atoms with Gasteiger partial charge in [-0.3, -0.25) is 4.79 Å². The van der Waals surface area contributed by atoms with Crippen molar-refractivity contribution in [2.75, 3.05) is 0 Å². The highest BCUT2D eigenvalue weighted by Crippen LogP contribution is 2.33. The van der Waals surface area contributed by atoms with Gasteiger partial charge in [-0.25, -0.2) is 4.98 Å². The number of pyridine rings is 1. The van der Waals surface area contributed by atoms with Crippen LogP contribution in [0.15, 0.2) is 97.1 Å². The zero-order valence-corrected chi connectivity index (χ0v) is 22.3. The summed E-state index contributed by atoms with van der Waals surface area (Å²) in [5.74, 6) is 0.692. The summed E-state index contributed by atoms with van der Waals surface area (Å²) in [6.45, 7) is 8.61. The van der Waals surface area contributed by atoms with Crippen LogP contribution in [0, 0.1) is 20.8 Å². The fraction of sp³-hybridized carbons (Fsp3) is 0.176. The normalized spacial score (nSPS) is 11.8. The van der Waals surface area contributed by atoms with Gasteiger partial charge in [0.25, 0.3) is 5.91 Å². The number of rotatable bonds is 7. The Balaban J connectivity index is 1.51. The van der Waals surface area contributed by atoms with Crippen molar-refractivity contribution in [1.82, 2.24) is 10.3 Å². The van der Waals surface area contributed by atoms with Gasteiger partial charge in [-0.15, -0.1) is 0 Å². The summed E-state index contributed by atoms with van der Waals surface area (Å²) < 4.78 is 5.98. The molecule has 0 aliphatic rings. The Labute approximate surface area is 224 Å². The van der Waals surface area contributed by atoms with E-state index in [9.17, 15) is 4.79 Å². The first kappa shape index (κ1) is 25.2. The number of carbonyl (C=O) groups excluding carboxylic acids is 1. The molecule has 4 aromatic carbocycles. The summed E-state index contributed by atoms with van der Waals surface area (Å²) in [5, 5.41) is 4.10. The van der Waals surface area contributed by atoms with Crippen molar-refractivity contribution < 1.29 is 9.53 Å². The smallest absolute Gasteiger partial charge is 0.252 e. The molecule has 0 spiro atoms. The Bertz CT molecular complexity index is 1580. The van der Waals surface area contributed by atoms with Crippen LogP contribution >= 0.6 is 0 Å². The molecule has 38 heavy (non-hydrogen) atoms. The molecule has 190 valence electrons. The van der Waals surface area contributed by atoms with E-state index in [0.29, 0.717) is 12.2 Å². The zero-order valence-electron chi connectivity index (χ0n) is 22.3. The fourth-order valence-corrected chi connectivity index (χ4v) is 4.93. The minimum absolute atomic E-state index is 0.0969. The van der Waals surface area contributed by atoms with E-state index in [0.717, 1.165) is 55.7 Å². The van der Waals surface area contributed by atoms with Gasteiger partial charge in [-0.1, -0.05) is 72.3 Å². The second-order valence-corrected chi connectivity index (χ2v) is 9.84. The van der Waals surface area contributed by atoms with E-state index in [1.807, 2.05) is 98.8 Å². The molecule has 1 amide bonds. The number of carbonyl (C=O) groups is 1. The quantitative estimate of drug-likeness (QED) is 0.247. The lowest BCUT2D eigenvalue weighted by atomic mass is 9.94. The van der Waals surface area contributed by atoms with Crippen molar-refractivity contribution in [3.05, 3.63) is 130 Å². The number of nitrogens with one attached hydrogen (secondary N) is 1. The van der Waals surface area contributed by atoms with Crippen LogP contribution in [-0.2, 0) is 6.61 Å². The van der Waals surface area contributed by atoms with Crippen molar-refractivity contribution in [3.63, 3.8) is 0 Å². The molecule has 0 radical (unpaired) electrons. The van der Waals surface area contributed by atoms with Crippen molar-refractivity contribution in [1.29, 1.82) is 0 Å². The van der Waals surface area contributed by atoms with E-state index < -0.39 is 0 Å². The monoisotopic (exact) mass is 500 g/mol. The summed E-state index contributed by atoms with van der Waals surface area (Å²) in [6.07, 6.45) is 0. The van der Waals surface area contributed by atoms with Crippen LogP contribution in [0.3, 0.4) is 0 Å². The van der Waals surface area contributed by atoms with Gasteiger partial charge in [0.15, 0.2) is 0 Å². The van der Waals surface area contributed by atoms with Gasteiger partial charge in [0.05, 0.1) is 22.8 Å². The minimum atomic E-state index is -0.123. The van der Waals surface area contributed by atoms with Gasteiger partial charge in [0.2, 0.25) is 0 Å². The highest BCUT2D eigenvalue weighted by molar-refractivity contribution is 6.09. The first-order chi connectivity index (χ1) is 18.4. The fourth-order valence-electron chi connectivity index (χ4n) is 4.93. The van der Waals surface area contributed by atoms with Crippen molar-refractivity contribution in [2.24, 2.45) is 0 Å². The number of aromatic nitrogens is 1. The molecule has 1 N–H and O–H groups in total. The van der Waals surface area contributed by atoms with Crippen LogP contribution < -0.4 is 10.1 Å². The lowest BCUT2D eigenvalue weighted by Crippen LogP contribution is -2.28. The van der Waals surface area contributed by atoms with Gasteiger partial charge >= 0.3 is 0 Å². The molecule has 1 heterocycles. The van der Waals surface area contributed by atoms with Crippen molar-refractivity contribution >= 4 is 16.8 Å². The van der Waals surface area contributed by atoms with E-state index in [1.54, 1.807) is 0 Å². The highest BCUT2D eigenvalue weighted by atomic mass is 16.5. The molecule has 0 fully saturated rings. The van der Waals surface area contributed by atoms with Gasteiger partial charge in [0.1, 0.15) is 12.4 Å². The highest BCUT2D eigenvalue weighted by Gasteiger charge is 2.22. The number of nitrogens with zero attached hydrogens (tertiary/aromatic N) is 1. The molecule has 0 saturated heterocycles. The molecule has 1 aromatic heterocycles. The maximum atomic E-state index is 13.8. The van der Waals surface area contributed by atoms with Gasteiger partial charge in [0, 0.05) is 10.9 Å². The third kappa shape index (κ3) is 5.30. The summed E-state index contributed by atoms with van der Waals surface area (Å²) >= 11 is 0. The topological polar surface area (TPSA) is 51.2 Å². The maximum Gasteiger partial charge on any atom is 0.252 e. The lowest BCUT2D eigenvalue weighted by molar-refractivity contribution is 0.0941. The molecule has 1 unspecified atom stereocenters. The third-order valence-electron chi connectivity index (χ3n) is 6.92. The summed E-state index contributed by atoms with van der Waals surface area (Å²) in [6, 6.07) is 32.1. The van der Waals surface area contributed by atoms with E-state index in [2.05, 4.69) is 31.3 Å². The molecule has 0 saturated carbocycles.